The third-order valence-corrected chi connectivity index (χ3v) is 4.38. The first-order valence-electron chi connectivity index (χ1n) is 9.32. The predicted molar refractivity (Wildman–Crippen MR) is 129 cm³/mol. The third kappa shape index (κ3) is 8.06. The largest absolute Gasteiger partial charge is 0.496 e. The summed E-state index contributed by atoms with van der Waals surface area (Å²) in [7, 11) is 7.67. The fourth-order valence-electron chi connectivity index (χ4n) is 2.88. The monoisotopic (exact) mass is 496 g/mol. The number of benzene rings is 2. The fourth-order valence-corrected chi connectivity index (χ4v) is 2.88. The average Bonchev–Trinajstić information content (AvgIpc) is 2.66. The summed E-state index contributed by atoms with van der Waals surface area (Å²) >= 11 is 0. The standard InChI is InChI=1S/C22H32N4O.HI/c1-17-6-7-18(14-21(17)27-5)12-13-24-22(23-2)25-15-19-8-10-20(11-9-19)16-26(3)4;/h6-11,14H,12-13,15-16H2,1-5H3,(H2,23,24,25);1H. The van der Waals surface area contributed by atoms with Crippen molar-refractivity contribution in [3.05, 3.63) is 64.7 Å². The van der Waals surface area contributed by atoms with Gasteiger partial charge in [0.05, 0.1) is 7.11 Å². The smallest absolute Gasteiger partial charge is 0.191 e. The second-order valence-electron chi connectivity index (χ2n) is 6.96. The topological polar surface area (TPSA) is 48.9 Å². The van der Waals surface area contributed by atoms with E-state index in [0.717, 1.165) is 43.3 Å². The maximum atomic E-state index is 5.39. The van der Waals surface area contributed by atoms with Gasteiger partial charge in [-0.25, -0.2) is 0 Å². The molecular weight excluding hydrogens is 463 g/mol. The number of methoxy groups -OCH3 is 1. The van der Waals surface area contributed by atoms with Gasteiger partial charge in [0, 0.05) is 26.7 Å². The molecule has 0 atom stereocenters. The van der Waals surface area contributed by atoms with Crippen molar-refractivity contribution in [1.29, 1.82) is 0 Å². The molecule has 5 nitrogen and oxygen atoms in total. The number of ether oxygens (including phenoxy) is 1. The molecule has 0 heterocycles. The molecule has 2 rings (SSSR count). The van der Waals surface area contributed by atoms with Gasteiger partial charge in [-0.05, 0) is 55.8 Å². The van der Waals surface area contributed by atoms with Crippen LogP contribution >= 0.6 is 24.0 Å². The lowest BCUT2D eigenvalue weighted by Gasteiger charge is -2.13. The highest BCUT2D eigenvalue weighted by Gasteiger charge is 2.03. The Morgan fingerprint density at radius 1 is 1.00 bits per heavy atom. The highest BCUT2D eigenvalue weighted by molar-refractivity contribution is 14.0. The number of guanidine groups is 1. The summed E-state index contributed by atoms with van der Waals surface area (Å²) in [5.41, 5.74) is 4.96. The van der Waals surface area contributed by atoms with Crippen LogP contribution in [0.4, 0.5) is 0 Å². The Hall–Kier alpha value is -1.80. The third-order valence-electron chi connectivity index (χ3n) is 4.38. The summed E-state index contributed by atoms with van der Waals surface area (Å²) in [6.07, 6.45) is 0.913. The molecule has 2 N–H and O–H groups in total. The zero-order valence-electron chi connectivity index (χ0n) is 17.6. The predicted octanol–water partition coefficient (Wildman–Crippen LogP) is 3.59. The molecular formula is C22H33IN4O. The van der Waals surface area contributed by atoms with Crippen LogP contribution in [-0.4, -0.2) is 45.7 Å². The van der Waals surface area contributed by atoms with Crippen molar-refractivity contribution in [2.45, 2.75) is 26.4 Å². The van der Waals surface area contributed by atoms with Crippen molar-refractivity contribution in [3.63, 3.8) is 0 Å². The zero-order valence-corrected chi connectivity index (χ0v) is 19.9. The summed E-state index contributed by atoms with van der Waals surface area (Å²) in [5, 5.41) is 6.74. The summed E-state index contributed by atoms with van der Waals surface area (Å²) in [5.74, 6) is 1.75. The number of rotatable bonds is 8. The molecule has 0 spiro atoms. The van der Waals surface area contributed by atoms with Gasteiger partial charge < -0.3 is 20.3 Å². The number of hydrogen-bond donors (Lipinski definition) is 2. The van der Waals surface area contributed by atoms with Crippen LogP contribution in [0.1, 0.15) is 22.3 Å². The number of aryl methyl sites for hydroxylation is 1. The Bertz CT molecular complexity index is 745. The number of nitrogens with zero attached hydrogens (tertiary/aromatic N) is 2. The Balaban J connectivity index is 0.00000392. The van der Waals surface area contributed by atoms with Gasteiger partial charge in [-0.15, -0.1) is 24.0 Å². The molecule has 0 saturated carbocycles. The molecule has 0 aliphatic heterocycles. The van der Waals surface area contributed by atoms with E-state index in [-0.39, 0.29) is 24.0 Å². The highest BCUT2D eigenvalue weighted by atomic mass is 127. The van der Waals surface area contributed by atoms with Crippen LogP contribution < -0.4 is 15.4 Å². The first-order chi connectivity index (χ1) is 13.0. The minimum atomic E-state index is 0. The van der Waals surface area contributed by atoms with Gasteiger partial charge in [0.2, 0.25) is 0 Å². The summed E-state index contributed by atoms with van der Waals surface area (Å²) in [6.45, 7) is 4.58. The molecule has 0 amide bonds. The van der Waals surface area contributed by atoms with Crippen molar-refractivity contribution in [2.75, 3.05) is 34.8 Å². The first kappa shape index (κ1) is 24.2. The maximum Gasteiger partial charge on any atom is 0.191 e. The number of nitrogens with one attached hydrogen (secondary N) is 2. The van der Waals surface area contributed by atoms with Crippen molar-refractivity contribution >= 4 is 29.9 Å². The van der Waals surface area contributed by atoms with Gasteiger partial charge in [-0.1, -0.05) is 36.4 Å². The SMILES string of the molecule is CN=C(NCCc1ccc(C)c(OC)c1)NCc1ccc(CN(C)C)cc1.I. The van der Waals surface area contributed by atoms with Crippen LogP contribution in [0, 0.1) is 6.92 Å². The minimum Gasteiger partial charge on any atom is -0.496 e. The zero-order chi connectivity index (χ0) is 19.6. The van der Waals surface area contributed by atoms with E-state index in [2.05, 4.69) is 84.0 Å². The van der Waals surface area contributed by atoms with Crippen molar-refractivity contribution < 1.29 is 4.74 Å². The van der Waals surface area contributed by atoms with Crippen LogP contribution in [0.15, 0.2) is 47.5 Å². The first-order valence-corrected chi connectivity index (χ1v) is 9.32. The highest BCUT2D eigenvalue weighted by Crippen LogP contribution is 2.19. The lowest BCUT2D eigenvalue weighted by Crippen LogP contribution is -2.37. The maximum absolute atomic E-state index is 5.39. The molecule has 0 aliphatic carbocycles. The van der Waals surface area contributed by atoms with Gasteiger partial charge in [0.1, 0.15) is 5.75 Å². The van der Waals surface area contributed by atoms with Gasteiger partial charge >= 0.3 is 0 Å². The molecule has 0 fully saturated rings. The Morgan fingerprint density at radius 3 is 2.25 bits per heavy atom. The molecule has 2 aromatic rings. The van der Waals surface area contributed by atoms with Crippen LogP contribution in [0.25, 0.3) is 0 Å². The fraction of sp³-hybridized carbons (Fsp3) is 0.409. The molecule has 0 unspecified atom stereocenters. The number of halogens is 1. The van der Waals surface area contributed by atoms with Crippen LogP contribution in [0.2, 0.25) is 0 Å². The summed E-state index contributed by atoms with van der Waals surface area (Å²) in [6, 6.07) is 15.0. The molecule has 6 heteroatoms. The summed E-state index contributed by atoms with van der Waals surface area (Å²) in [4.78, 5) is 6.47. The van der Waals surface area contributed by atoms with Crippen molar-refractivity contribution in [1.82, 2.24) is 15.5 Å². The lowest BCUT2D eigenvalue weighted by atomic mass is 10.1. The lowest BCUT2D eigenvalue weighted by molar-refractivity contribution is 0.402. The van der Waals surface area contributed by atoms with Crippen LogP contribution in [0.3, 0.4) is 0 Å². The molecule has 0 saturated heterocycles. The molecule has 154 valence electrons. The van der Waals surface area contributed by atoms with E-state index >= 15 is 0 Å². The van der Waals surface area contributed by atoms with E-state index in [1.54, 1.807) is 14.2 Å². The number of aliphatic imine (C=N–C) groups is 1. The molecule has 0 aliphatic rings. The van der Waals surface area contributed by atoms with Crippen LogP contribution in [0.5, 0.6) is 5.75 Å². The van der Waals surface area contributed by atoms with Gasteiger partial charge in [-0.3, -0.25) is 4.99 Å². The van der Waals surface area contributed by atoms with Gasteiger partial charge in [0.15, 0.2) is 5.96 Å². The van der Waals surface area contributed by atoms with Gasteiger partial charge in [-0.2, -0.15) is 0 Å². The van der Waals surface area contributed by atoms with Crippen LogP contribution in [-0.2, 0) is 19.5 Å². The Labute approximate surface area is 186 Å². The van der Waals surface area contributed by atoms with Gasteiger partial charge in [0.25, 0.3) is 0 Å². The van der Waals surface area contributed by atoms with Crippen molar-refractivity contribution in [2.24, 2.45) is 4.99 Å². The van der Waals surface area contributed by atoms with E-state index in [0.29, 0.717) is 0 Å². The number of hydrogen-bond acceptors (Lipinski definition) is 3. The van der Waals surface area contributed by atoms with Crippen molar-refractivity contribution in [3.8, 4) is 5.75 Å². The van der Waals surface area contributed by atoms with E-state index in [1.165, 1.54) is 16.7 Å². The average molecular weight is 496 g/mol. The molecule has 28 heavy (non-hydrogen) atoms. The molecule has 2 aromatic carbocycles. The Kier molecular flexibility index (Phi) is 10.9. The molecule has 0 radical (unpaired) electrons. The minimum absolute atomic E-state index is 0. The van der Waals surface area contributed by atoms with E-state index < -0.39 is 0 Å². The van der Waals surface area contributed by atoms with E-state index in [4.69, 9.17) is 4.74 Å². The summed E-state index contributed by atoms with van der Waals surface area (Å²) < 4.78 is 5.39. The second-order valence-corrected chi connectivity index (χ2v) is 6.96. The molecule has 0 bridgehead atoms. The normalized spacial score (nSPS) is 11.1. The van der Waals surface area contributed by atoms with E-state index in [9.17, 15) is 0 Å². The molecule has 0 aromatic heterocycles. The Morgan fingerprint density at radius 2 is 1.64 bits per heavy atom. The van der Waals surface area contributed by atoms with E-state index in [1.807, 2.05) is 0 Å². The second kappa shape index (κ2) is 12.6. The quantitative estimate of drug-likeness (QED) is 0.333.